The Morgan fingerprint density at radius 1 is 1.42 bits per heavy atom. The highest BCUT2D eigenvalue weighted by molar-refractivity contribution is 5.92. The SMILES string of the molecule is Cc1cccc(CC2(CO)CN(C(=O)c3ocnc3C)CCO2)c1. The zero-order valence-corrected chi connectivity index (χ0v) is 14.0. The molecule has 1 unspecified atom stereocenters. The lowest BCUT2D eigenvalue weighted by atomic mass is 9.92. The van der Waals surface area contributed by atoms with Crippen LogP contribution in [0.4, 0.5) is 0 Å². The van der Waals surface area contributed by atoms with Crippen molar-refractivity contribution in [3.05, 3.63) is 53.2 Å². The minimum absolute atomic E-state index is 0.153. The Labute approximate surface area is 141 Å². The Balaban J connectivity index is 1.79. The van der Waals surface area contributed by atoms with Crippen LogP contribution < -0.4 is 0 Å². The lowest BCUT2D eigenvalue weighted by molar-refractivity contribution is -0.123. The van der Waals surface area contributed by atoms with Crippen LogP contribution in [0.3, 0.4) is 0 Å². The molecule has 2 heterocycles. The molecular weight excluding hydrogens is 308 g/mol. The molecule has 24 heavy (non-hydrogen) atoms. The number of ether oxygens (including phenoxy) is 1. The minimum Gasteiger partial charge on any atom is -0.438 e. The molecule has 6 heteroatoms. The van der Waals surface area contributed by atoms with Crippen LogP contribution in [0.15, 0.2) is 35.1 Å². The molecule has 1 fully saturated rings. The molecule has 1 amide bonds. The zero-order chi connectivity index (χ0) is 17.2. The molecule has 0 aliphatic carbocycles. The van der Waals surface area contributed by atoms with Gasteiger partial charge < -0.3 is 19.2 Å². The van der Waals surface area contributed by atoms with Crippen molar-refractivity contribution >= 4 is 5.91 Å². The van der Waals surface area contributed by atoms with Crippen LogP contribution in [-0.4, -0.2) is 52.8 Å². The number of benzene rings is 1. The van der Waals surface area contributed by atoms with Gasteiger partial charge in [-0.1, -0.05) is 29.8 Å². The molecule has 128 valence electrons. The van der Waals surface area contributed by atoms with E-state index in [9.17, 15) is 9.90 Å². The summed E-state index contributed by atoms with van der Waals surface area (Å²) >= 11 is 0. The van der Waals surface area contributed by atoms with Crippen LogP contribution in [-0.2, 0) is 11.2 Å². The molecule has 1 aromatic carbocycles. The number of hydrogen-bond acceptors (Lipinski definition) is 5. The number of rotatable bonds is 4. The number of amides is 1. The van der Waals surface area contributed by atoms with Gasteiger partial charge in [0.1, 0.15) is 5.60 Å². The maximum Gasteiger partial charge on any atom is 0.291 e. The molecule has 1 aromatic heterocycles. The summed E-state index contributed by atoms with van der Waals surface area (Å²) in [6.45, 7) is 4.78. The van der Waals surface area contributed by atoms with Crippen LogP contribution in [0.25, 0.3) is 0 Å². The van der Waals surface area contributed by atoms with Crippen molar-refractivity contribution < 1.29 is 19.1 Å². The normalized spacial score (nSPS) is 21.0. The van der Waals surface area contributed by atoms with Crippen molar-refractivity contribution in [2.24, 2.45) is 0 Å². The highest BCUT2D eigenvalue weighted by Gasteiger charge is 2.39. The van der Waals surface area contributed by atoms with E-state index in [1.807, 2.05) is 25.1 Å². The number of carbonyl (C=O) groups is 1. The summed E-state index contributed by atoms with van der Waals surface area (Å²) in [6.07, 6.45) is 1.82. The predicted molar refractivity (Wildman–Crippen MR) is 87.8 cm³/mol. The number of hydrogen-bond donors (Lipinski definition) is 1. The fourth-order valence-electron chi connectivity index (χ4n) is 3.12. The van der Waals surface area contributed by atoms with Crippen molar-refractivity contribution in [1.29, 1.82) is 0 Å². The molecule has 1 aliphatic rings. The van der Waals surface area contributed by atoms with Gasteiger partial charge in [0.05, 0.1) is 25.5 Å². The third kappa shape index (κ3) is 3.34. The number of aliphatic hydroxyl groups excluding tert-OH is 1. The van der Waals surface area contributed by atoms with E-state index in [0.717, 1.165) is 11.1 Å². The summed E-state index contributed by atoms with van der Waals surface area (Å²) in [5.74, 6) is 0.0367. The first-order valence-electron chi connectivity index (χ1n) is 8.03. The van der Waals surface area contributed by atoms with Crippen molar-refractivity contribution in [3.63, 3.8) is 0 Å². The van der Waals surface area contributed by atoms with Crippen LogP contribution in [0.1, 0.15) is 27.4 Å². The summed E-state index contributed by atoms with van der Waals surface area (Å²) in [5, 5.41) is 9.96. The Kier molecular flexibility index (Phi) is 4.69. The van der Waals surface area contributed by atoms with Gasteiger partial charge in [-0.3, -0.25) is 4.79 Å². The van der Waals surface area contributed by atoms with Gasteiger partial charge in [-0.25, -0.2) is 4.98 Å². The third-order valence-electron chi connectivity index (χ3n) is 4.37. The molecule has 0 radical (unpaired) electrons. The maximum absolute atomic E-state index is 12.6. The molecule has 3 rings (SSSR count). The van der Waals surface area contributed by atoms with Gasteiger partial charge in [-0.05, 0) is 19.4 Å². The summed E-state index contributed by atoms with van der Waals surface area (Å²) in [5.41, 5.74) is 2.01. The fourth-order valence-corrected chi connectivity index (χ4v) is 3.12. The Bertz CT molecular complexity index is 727. The first kappa shape index (κ1) is 16.7. The minimum atomic E-state index is -0.796. The molecule has 1 saturated heterocycles. The molecule has 6 nitrogen and oxygen atoms in total. The number of oxazole rings is 1. The van der Waals surface area contributed by atoms with E-state index in [2.05, 4.69) is 11.1 Å². The first-order valence-corrected chi connectivity index (χ1v) is 8.03. The standard InChI is InChI=1S/C18H22N2O4/c1-13-4-3-5-15(8-13)9-18(11-21)10-20(6-7-24-18)17(22)16-14(2)19-12-23-16/h3-5,8,12,21H,6-7,9-11H2,1-2H3. The highest BCUT2D eigenvalue weighted by atomic mass is 16.5. The maximum atomic E-state index is 12.6. The largest absolute Gasteiger partial charge is 0.438 e. The van der Waals surface area contributed by atoms with E-state index < -0.39 is 5.60 Å². The quantitative estimate of drug-likeness (QED) is 0.924. The fraction of sp³-hybridized carbons (Fsp3) is 0.444. The van der Waals surface area contributed by atoms with E-state index in [-0.39, 0.29) is 18.3 Å². The molecule has 1 N–H and O–H groups in total. The summed E-state index contributed by atoms with van der Waals surface area (Å²) in [6, 6.07) is 8.09. The van der Waals surface area contributed by atoms with Gasteiger partial charge in [-0.2, -0.15) is 0 Å². The van der Waals surface area contributed by atoms with Gasteiger partial charge in [0.25, 0.3) is 5.91 Å². The number of morpholine rings is 1. The molecule has 2 aromatic rings. The molecule has 0 spiro atoms. The van der Waals surface area contributed by atoms with Crippen molar-refractivity contribution in [2.45, 2.75) is 25.9 Å². The second-order valence-electron chi connectivity index (χ2n) is 6.35. The number of aryl methyl sites for hydroxylation is 2. The predicted octanol–water partition coefficient (Wildman–Crippen LogP) is 1.74. The second kappa shape index (κ2) is 6.75. The lowest BCUT2D eigenvalue weighted by Crippen LogP contribution is -2.56. The number of aliphatic hydroxyl groups is 1. The van der Waals surface area contributed by atoms with Crippen LogP contribution in [0.5, 0.6) is 0 Å². The van der Waals surface area contributed by atoms with Gasteiger partial charge in [0, 0.05) is 13.0 Å². The molecule has 0 bridgehead atoms. The van der Waals surface area contributed by atoms with Crippen molar-refractivity contribution in [3.8, 4) is 0 Å². The highest BCUT2D eigenvalue weighted by Crippen LogP contribution is 2.25. The van der Waals surface area contributed by atoms with Crippen LogP contribution in [0, 0.1) is 13.8 Å². The van der Waals surface area contributed by atoms with E-state index in [0.29, 0.717) is 31.8 Å². The molecule has 0 saturated carbocycles. The van der Waals surface area contributed by atoms with Crippen LogP contribution in [0.2, 0.25) is 0 Å². The van der Waals surface area contributed by atoms with Crippen LogP contribution >= 0.6 is 0 Å². The first-order chi connectivity index (χ1) is 11.5. The Hall–Kier alpha value is -2.18. The van der Waals surface area contributed by atoms with Gasteiger partial charge >= 0.3 is 0 Å². The average Bonchev–Trinajstić information content (AvgIpc) is 3.00. The molecule has 1 atom stereocenters. The Morgan fingerprint density at radius 2 is 2.25 bits per heavy atom. The monoisotopic (exact) mass is 330 g/mol. The smallest absolute Gasteiger partial charge is 0.291 e. The van der Waals surface area contributed by atoms with Gasteiger partial charge in [0.15, 0.2) is 6.39 Å². The number of carbonyl (C=O) groups excluding carboxylic acids is 1. The van der Waals surface area contributed by atoms with E-state index in [4.69, 9.17) is 9.15 Å². The summed E-state index contributed by atoms with van der Waals surface area (Å²) in [4.78, 5) is 18.3. The van der Waals surface area contributed by atoms with Crippen molar-refractivity contribution in [2.75, 3.05) is 26.3 Å². The average molecular weight is 330 g/mol. The van der Waals surface area contributed by atoms with Crippen molar-refractivity contribution in [1.82, 2.24) is 9.88 Å². The van der Waals surface area contributed by atoms with E-state index in [1.54, 1.807) is 11.8 Å². The van der Waals surface area contributed by atoms with E-state index in [1.165, 1.54) is 6.39 Å². The molecule has 1 aliphatic heterocycles. The third-order valence-corrected chi connectivity index (χ3v) is 4.37. The van der Waals surface area contributed by atoms with Gasteiger partial charge in [0.2, 0.25) is 5.76 Å². The summed E-state index contributed by atoms with van der Waals surface area (Å²) < 4.78 is 11.1. The van der Waals surface area contributed by atoms with E-state index >= 15 is 0 Å². The topological polar surface area (TPSA) is 75.8 Å². The Morgan fingerprint density at radius 3 is 2.92 bits per heavy atom. The molecular formula is C18H22N2O4. The number of nitrogens with zero attached hydrogens (tertiary/aromatic N) is 2. The number of aromatic nitrogens is 1. The van der Waals surface area contributed by atoms with Gasteiger partial charge in [-0.15, -0.1) is 0 Å². The second-order valence-corrected chi connectivity index (χ2v) is 6.35. The lowest BCUT2D eigenvalue weighted by Gasteiger charge is -2.41. The summed E-state index contributed by atoms with van der Waals surface area (Å²) in [7, 11) is 0. The zero-order valence-electron chi connectivity index (χ0n) is 14.0.